The zero-order valence-corrected chi connectivity index (χ0v) is 14.5. The highest BCUT2D eigenvalue weighted by Gasteiger charge is 2.26. The molecular formula is C18H15ClN4O3. The van der Waals surface area contributed by atoms with Gasteiger partial charge in [0.25, 0.3) is 5.91 Å². The van der Waals surface area contributed by atoms with Crippen LogP contribution in [0.15, 0.2) is 42.6 Å². The number of nitrogens with zero attached hydrogens (tertiary/aromatic N) is 4. The average Bonchev–Trinajstić information content (AvgIpc) is 2.67. The Morgan fingerprint density at radius 3 is 2.50 bits per heavy atom. The maximum atomic E-state index is 12.2. The summed E-state index contributed by atoms with van der Waals surface area (Å²) in [5.74, 6) is 5.51. The van der Waals surface area contributed by atoms with E-state index < -0.39 is 4.92 Å². The predicted octanol–water partition coefficient (Wildman–Crippen LogP) is 2.34. The van der Waals surface area contributed by atoms with Crippen LogP contribution >= 0.6 is 11.6 Å². The second-order valence-electron chi connectivity index (χ2n) is 5.64. The predicted molar refractivity (Wildman–Crippen MR) is 98.0 cm³/mol. The van der Waals surface area contributed by atoms with Crippen LogP contribution in [-0.4, -0.2) is 46.9 Å². The highest BCUT2D eigenvalue weighted by Crippen LogP contribution is 2.25. The molecule has 26 heavy (non-hydrogen) atoms. The van der Waals surface area contributed by atoms with Crippen molar-refractivity contribution < 1.29 is 9.72 Å². The molecule has 0 radical (unpaired) electrons. The number of hydrogen-bond donors (Lipinski definition) is 0. The van der Waals surface area contributed by atoms with Crippen molar-refractivity contribution >= 4 is 29.0 Å². The molecule has 0 N–H and O–H groups in total. The van der Waals surface area contributed by atoms with Gasteiger partial charge in [-0.05, 0) is 30.3 Å². The molecule has 1 aromatic heterocycles. The molecule has 0 spiro atoms. The number of rotatable bonds is 2. The molecule has 1 fully saturated rings. The molecular weight excluding hydrogens is 356 g/mol. The molecule has 0 atom stereocenters. The van der Waals surface area contributed by atoms with E-state index in [0.717, 1.165) is 0 Å². The summed E-state index contributed by atoms with van der Waals surface area (Å²) in [6.45, 7) is 1.79. The summed E-state index contributed by atoms with van der Waals surface area (Å²) in [7, 11) is 0. The average molecular weight is 371 g/mol. The van der Waals surface area contributed by atoms with Gasteiger partial charge >= 0.3 is 5.69 Å². The van der Waals surface area contributed by atoms with E-state index in [0.29, 0.717) is 42.6 Å². The lowest BCUT2D eigenvalue weighted by Gasteiger charge is -2.34. The number of pyridine rings is 1. The second-order valence-corrected chi connectivity index (χ2v) is 6.08. The molecule has 0 aliphatic carbocycles. The number of carbonyl (C=O) groups excluding carboxylic acids is 1. The molecule has 1 aromatic carbocycles. The van der Waals surface area contributed by atoms with Gasteiger partial charge in [-0.15, -0.1) is 0 Å². The number of carbonyl (C=O) groups is 1. The van der Waals surface area contributed by atoms with E-state index in [9.17, 15) is 14.9 Å². The van der Waals surface area contributed by atoms with Gasteiger partial charge in [-0.1, -0.05) is 17.5 Å². The van der Waals surface area contributed by atoms with Crippen molar-refractivity contribution in [3.8, 4) is 11.8 Å². The molecule has 8 heteroatoms. The largest absolute Gasteiger partial charge is 0.347 e. The first kappa shape index (κ1) is 17.7. The first-order chi connectivity index (χ1) is 12.5. The lowest BCUT2D eigenvalue weighted by atomic mass is 10.2. The van der Waals surface area contributed by atoms with Crippen LogP contribution in [0.4, 0.5) is 11.5 Å². The van der Waals surface area contributed by atoms with E-state index in [1.165, 1.54) is 18.3 Å². The van der Waals surface area contributed by atoms with Crippen LogP contribution in [0.25, 0.3) is 0 Å². The van der Waals surface area contributed by atoms with E-state index in [1.807, 2.05) is 4.90 Å². The summed E-state index contributed by atoms with van der Waals surface area (Å²) in [5.41, 5.74) is 0.681. The van der Waals surface area contributed by atoms with Crippen LogP contribution in [0.3, 0.4) is 0 Å². The smallest absolute Gasteiger partial charge is 0.311 e. The van der Waals surface area contributed by atoms with Gasteiger partial charge in [-0.3, -0.25) is 14.9 Å². The zero-order chi connectivity index (χ0) is 18.5. The molecule has 0 unspecified atom stereocenters. The fourth-order valence-electron chi connectivity index (χ4n) is 2.63. The van der Waals surface area contributed by atoms with Crippen molar-refractivity contribution in [3.63, 3.8) is 0 Å². The lowest BCUT2D eigenvalue weighted by Crippen LogP contribution is -2.48. The summed E-state index contributed by atoms with van der Waals surface area (Å²) in [4.78, 5) is 30.5. The molecule has 7 nitrogen and oxygen atoms in total. The quantitative estimate of drug-likeness (QED) is 0.460. The number of anilines is 1. The van der Waals surface area contributed by atoms with Gasteiger partial charge in [-0.25, -0.2) is 4.98 Å². The second kappa shape index (κ2) is 7.85. The van der Waals surface area contributed by atoms with Gasteiger partial charge in [0, 0.05) is 54.9 Å². The summed E-state index contributed by atoms with van der Waals surface area (Å²) < 4.78 is 0. The minimum atomic E-state index is -0.447. The normalized spacial score (nSPS) is 13.7. The van der Waals surface area contributed by atoms with E-state index in [-0.39, 0.29) is 11.6 Å². The number of nitro groups is 1. The Labute approximate surface area is 155 Å². The molecule has 1 aliphatic heterocycles. The lowest BCUT2D eigenvalue weighted by molar-refractivity contribution is -0.384. The molecule has 3 rings (SSSR count). The van der Waals surface area contributed by atoms with E-state index in [4.69, 9.17) is 11.6 Å². The van der Waals surface area contributed by atoms with Gasteiger partial charge in [0.05, 0.1) is 4.92 Å². The Kier molecular flexibility index (Phi) is 5.34. The number of amides is 1. The molecule has 132 valence electrons. The van der Waals surface area contributed by atoms with Crippen molar-refractivity contribution in [2.75, 3.05) is 31.1 Å². The summed E-state index contributed by atoms with van der Waals surface area (Å²) >= 11 is 5.82. The van der Waals surface area contributed by atoms with Crippen molar-refractivity contribution in [1.29, 1.82) is 0 Å². The number of halogens is 1. The van der Waals surface area contributed by atoms with Crippen LogP contribution in [0.2, 0.25) is 5.02 Å². The maximum Gasteiger partial charge on any atom is 0.311 e. The first-order valence-corrected chi connectivity index (χ1v) is 8.33. The van der Waals surface area contributed by atoms with Crippen LogP contribution in [0.1, 0.15) is 5.56 Å². The van der Waals surface area contributed by atoms with Gasteiger partial charge < -0.3 is 9.80 Å². The first-order valence-electron chi connectivity index (χ1n) is 7.95. The molecule has 2 aromatic rings. The summed E-state index contributed by atoms with van der Waals surface area (Å²) in [5, 5.41) is 11.7. The highest BCUT2D eigenvalue weighted by molar-refractivity contribution is 6.30. The minimum absolute atomic E-state index is 0.0326. The van der Waals surface area contributed by atoms with Crippen LogP contribution in [-0.2, 0) is 4.79 Å². The van der Waals surface area contributed by atoms with Crippen molar-refractivity contribution in [1.82, 2.24) is 9.88 Å². The van der Waals surface area contributed by atoms with Gasteiger partial charge in [0.15, 0.2) is 0 Å². The molecule has 0 saturated carbocycles. The fraction of sp³-hybridized carbons (Fsp3) is 0.222. The van der Waals surface area contributed by atoms with Gasteiger partial charge in [0.1, 0.15) is 0 Å². The van der Waals surface area contributed by atoms with Crippen molar-refractivity contribution in [2.45, 2.75) is 0 Å². The van der Waals surface area contributed by atoms with Crippen LogP contribution in [0, 0.1) is 22.0 Å². The third kappa shape index (κ3) is 4.10. The van der Waals surface area contributed by atoms with Crippen LogP contribution < -0.4 is 4.90 Å². The molecule has 1 aliphatic rings. The van der Waals surface area contributed by atoms with E-state index in [1.54, 1.807) is 29.2 Å². The van der Waals surface area contributed by atoms with E-state index in [2.05, 4.69) is 16.8 Å². The van der Waals surface area contributed by atoms with E-state index >= 15 is 0 Å². The SMILES string of the molecule is O=C(C#Cc1ccc(Cl)cc1)N1CCN(c2ncccc2[N+](=O)[O-])CC1. The van der Waals surface area contributed by atoms with Gasteiger partial charge in [0.2, 0.25) is 5.82 Å². The summed E-state index contributed by atoms with van der Waals surface area (Å²) in [6, 6.07) is 9.90. The zero-order valence-electron chi connectivity index (χ0n) is 13.8. The maximum absolute atomic E-state index is 12.2. The third-order valence-electron chi connectivity index (χ3n) is 3.99. The Hall–Kier alpha value is -3.11. The van der Waals surface area contributed by atoms with Crippen molar-refractivity contribution in [2.24, 2.45) is 0 Å². The standard InChI is InChI=1S/C18H15ClN4O3/c19-15-6-3-14(4-7-15)5-8-17(24)21-10-12-22(13-11-21)18-16(23(25)26)2-1-9-20-18/h1-4,6-7,9H,10-13H2. The number of aromatic nitrogens is 1. The van der Waals surface area contributed by atoms with Crippen molar-refractivity contribution in [3.05, 3.63) is 63.3 Å². The molecule has 1 amide bonds. The molecule has 1 saturated heterocycles. The Morgan fingerprint density at radius 2 is 1.85 bits per heavy atom. The fourth-order valence-corrected chi connectivity index (χ4v) is 2.76. The molecule has 0 bridgehead atoms. The summed E-state index contributed by atoms with van der Waals surface area (Å²) in [6.07, 6.45) is 1.53. The van der Waals surface area contributed by atoms with Gasteiger partial charge in [-0.2, -0.15) is 0 Å². The minimum Gasteiger partial charge on any atom is -0.347 e. The Balaban J connectivity index is 1.63. The Morgan fingerprint density at radius 1 is 1.15 bits per heavy atom. The topological polar surface area (TPSA) is 79.6 Å². The number of piperazine rings is 1. The highest BCUT2D eigenvalue weighted by atomic mass is 35.5. The van der Waals surface area contributed by atoms with Crippen LogP contribution in [0.5, 0.6) is 0 Å². The third-order valence-corrected chi connectivity index (χ3v) is 4.24. The molecule has 2 heterocycles. The monoisotopic (exact) mass is 370 g/mol. The number of benzene rings is 1. The number of hydrogen-bond acceptors (Lipinski definition) is 5. The Bertz CT molecular complexity index is 881.